The van der Waals surface area contributed by atoms with Gasteiger partial charge >= 0.3 is 0 Å². The van der Waals surface area contributed by atoms with Gasteiger partial charge < -0.3 is 16.1 Å². The summed E-state index contributed by atoms with van der Waals surface area (Å²) < 4.78 is 4.72. The molecule has 0 bridgehead atoms. The van der Waals surface area contributed by atoms with Crippen LogP contribution in [0.1, 0.15) is 11.5 Å². The first-order chi connectivity index (χ1) is 4.74. The number of amidine groups is 1. The highest BCUT2D eigenvalue weighted by molar-refractivity contribution is 5.95. The molecule has 0 aromatic carbocycles. The Hall–Kier alpha value is -1.52. The van der Waals surface area contributed by atoms with Crippen molar-refractivity contribution < 1.29 is 4.52 Å². The molecule has 0 atom stereocenters. The molecule has 0 saturated carbocycles. The first-order valence-electron chi connectivity index (χ1n) is 2.71. The predicted molar refractivity (Wildman–Crippen MR) is 36.2 cm³/mol. The quantitative estimate of drug-likeness (QED) is 0.239. The third kappa shape index (κ3) is 1.07. The largest absolute Gasteiger partial charge is 0.380 e. The van der Waals surface area contributed by atoms with Crippen LogP contribution in [-0.4, -0.2) is 11.0 Å². The fraction of sp³-hybridized carbons (Fsp3) is 0.200. The van der Waals surface area contributed by atoms with Crippen molar-refractivity contribution in [3.8, 4) is 0 Å². The molecule has 0 aliphatic carbocycles. The van der Waals surface area contributed by atoms with Gasteiger partial charge in [-0.25, -0.2) is 0 Å². The molecule has 0 aliphatic rings. The normalized spacial score (nSPS) is 11.9. The topological polar surface area (TPSA) is 90.4 Å². The second kappa shape index (κ2) is 2.38. The van der Waals surface area contributed by atoms with Gasteiger partial charge in [0.15, 0.2) is 11.5 Å². The zero-order valence-corrected chi connectivity index (χ0v) is 5.53. The summed E-state index contributed by atoms with van der Waals surface area (Å²) >= 11 is 0. The fourth-order valence-corrected chi connectivity index (χ4v) is 0.553. The number of hydrogen-bond acceptors (Lipinski definition) is 4. The molecule has 1 rings (SSSR count). The molecule has 5 nitrogen and oxygen atoms in total. The van der Waals surface area contributed by atoms with Crippen LogP contribution >= 0.6 is 0 Å². The molecule has 1 aromatic rings. The van der Waals surface area contributed by atoms with Crippen molar-refractivity contribution in [1.29, 1.82) is 0 Å². The Morgan fingerprint density at radius 3 is 2.90 bits per heavy atom. The summed E-state index contributed by atoms with van der Waals surface area (Å²) in [5.74, 6) is 5.75. The monoisotopic (exact) mass is 140 g/mol. The molecule has 4 N–H and O–H groups in total. The van der Waals surface area contributed by atoms with Crippen LogP contribution in [0.15, 0.2) is 15.7 Å². The maximum atomic E-state index is 5.31. The van der Waals surface area contributed by atoms with E-state index in [1.165, 1.54) is 0 Å². The van der Waals surface area contributed by atoms with Crippen molar-refractivity contribution in [2.45, 2.75) is 6.92 Å². The zero-order valence-electron chi connectivity index (χ0n) is 5.53. The molecule has 5 heteroatoms. The fourth-order valence-electron chi connectivity index (χ4n) is 0.553. The summed E-state index contributed by atoms with van der Waals surface area (Å²) in [4.78, 5) is 0. The third-order valence-electron chi connectivity index (χ3n) is 1.03. The molecule has 10 heavy (non-hydrogen) atoms. The van der Waals surface area contributed by atoms with Crippen LogP contribution in [-0.2, 0) is 0 Å². The molecule has 0 aliphatic heterocycles. The Morgan fingerprint density at radius 2 is 2.50 bits per heavy atom. The van der Waals surface area contributed by atoms with E-state index < -0.39 is 0 Å². The minimum Gasteiger partial charge on any atom is -0.380 e. The van der Waals surface area contributed by atoms with Gasteiger partial charge in [-0.2, -0.15) is 5.10 Å². The number of aryl methyl sites for hydroxylation is 1. The molecule has 0 amide bonds. The van der Waals surface area contributed by atoms with Crippen LogP contribution in [0, 0.1) is 6.92 Å². The number of hydrogen-bond donors (Lipinski definition) is 2. The SMILES string of the molecule is Cc1cc(C(N)=NN)no1. The smallest absolute Gasteiger partial charge is 0.172 e. The van der Waals surface area contributed by atoms with E-state index in [0.29, 0.717) is 11.5 Å². The van der Waals surface area contributed by atoms with Crippen LogP contribution in [0.5, 0.6) is 0 Å². The lowest BCUT2D eigenvalue weighted by Gasteiger charge is -1.86. The van der Waals surface area contributed by atoms with Crippen molar-refractivity contribution in [3.05, 3.63) is 17.5 Å². The molecule has 0 unspecified atom stereocenters. The Balaban J connectivity index is 2.95. The maximum absolute atomic E-state index is 5.31. The Labute approximate surface area is 57.7 Å². The second-order valence-electron chi connectivity index (χ2n) is 1.84. The lowest BCUT2D eigenvalue weighted by molar-refractivity contribution is 0.396. The van der Waals surface area contributed by atoms with E-state index in [2.05, 4.69) is 10.3 Å². The lowest BCUT2D eigenvalue weighted by Crippen LogP contribution is -2.15. The van der Waals surface area contributed by atoms with Crippen LogP contribution in [0.2, 0.25) is 0 Å². The molecular weight excluding hydrogens is 132 g/mol. The highest BCUT2D eigenvalue weighted by Crippen LogP contribution is 1.99. The van der Waals surface area contributed by atoms with E-state index in [1.54, 1.807) is 13.0 Å². The van der Waals surface area contributed by atoms with Gasteiger partial charge in [0.1, 0.15) is 5.76 Å². The Kier molecular flexibility index (Phi) is 1.57. The average Bonchev–Trinajstić information content (AvgIpc) is 2.34. The summed E-state index contributed by atoms with van der Waals surface area (Å²) in [6.45, 7) is 1.76. The minimum absolute atomic E-state index is 0.178. The van der Waals surface area contributed by atoms with Crippen molar-refractivity contribution in [2.75, 3.05) is 0 Å². The van der Waals surface area contributed by atoms with Gasteiger partial charge in [0, 0.05) is 6.07 Å². The van der Waals surface area contributed by atoms with E-state index in [9.17, 15) is 0 Å². The molecular formula is C5H8N4O. The molecule has 0 radical (unpaired) electrons. The Bertz CT molecular complexity index is 252. The maximum Gasteiger partial charge on any atom is 0.172 e. The van der Waals surface area contributed by atoms with Gasteiger partial charge in [-0.1, -0.05) is 5.16 Å². The minimum atomic E-state index is 0.178. The molecule has 0 fully saturated rings. The van der Waals surface area contributed by atoms with Crippen LogP contribution < -0.4 is 11.6 Å². The van der Waals surface area contributed by atoms with Gasteiger partial charge in [-0.3, -0.25) is 0 Å². The van der Waals surface area contributed by atoms with E-state index in [0.717, 1.165) is 0 Å². The molecule has 1 aromatic heterocycles. The first kappa shape index (κ1) is 6.60. The average molecular weight is 140 g/mol. The molecule has 0 saturated heterocycles. The van der Waals surface area contributed by atoms with Gasteiger partial charge in [-0.15, -0.1) is 0 Å². The standard InChI is InChI=1S/C5H8N4O/c1-3-2-4(9-10-3)5(6)8-7/h2H,7H2,1H3,(H2,6,8). The molecule has 54 valence electrons. The summed E-state index contributed by atoms with van der Waals surface area (Å²) in [5.41, 5.74) is 5.78. The van der Waals surface area contributed by atoms with Crippen molar-refractivity contribution >= 4 is 5.84 Å². The van der Waals surface area contributed by atoms with E-state index >= 15 is 0 Å². The summed E-state index contributed by atoms with van der Waals surface area (Å²) in [6, 6.07) is 1.66. The number of hydrazone groups is 1. The third-order valence-corrected chi connectivity index (χ3v) is 1.03. The summed E-state index contributed by atoms with van der Waals surface area (Å²) in [5, 5.41) is 6.82. The number of rotatable bonds is 1. The van der Waals surface area contributed by atoms with Crippen molar-refractivity contribution in [2.24, 2.45) is 16.7 Å². The van der Waals surface area contributed by atoms with Gasteiger partial charge in [0.05, 0.1) is 0 Å². The van der Waals surface area contributed by atoms with Crippen molar-refractivity contribution in [3.63, 3.8) is 0 Å². The first-order valence-corrected chi connectivity index (χ1v) is 2.71. The molecule has 1 heterocycles. The molecule has 0 spiro atoms. The van der Waals surface area contributed by atoms with Crippen LogP contribution in [0.25, 0.3) is 0 Å². The zero-order chi connectivity index (χ0) is 7.56. The van der Waals surface area contributed by atoms with E-state index in [1.807, 2.05) is 0 Å². The van der Waals surface area contributed by atoms with E-state index in [-0.39, 0.29) is 5.84 Å². The van der Waals surface area contributed by atoms with Gasteiger partial charge in [-0.05, 0) is 6.92 Å². The highest BCUT2D eigenvalue weighted by Gasteiger charge is 2.02. The van der Waals surface area contributed by atoms with E-state index in [4.69, 9.17) is 16.1 Å². The number of nitrogens with zero attached hydrogens (tertiary/aromatic N) is 2. The Morgan fingerprint density at radius 1 is 1.80 bits per heavy atom. The predicted octanol–water partition coefficient (Wildman–Crippen LogP) is -0.438. The van der Waals surface area contributed by atoms with Gasteiger partial charge in [0.25, 0.3) is 0 Å². The number of aromatic nitrogens is 1. The van der Waals surface area contributed by atoms with Crippen LogP contribution in [0.4, 0.5) is 0 Å². The second-order valence-corrected chi connectivity index (χ2v) is 1.84. The number of nitrogens with two attached hydrogens (primary N) is 2. The summed E-state index contributed by atoms with van der Waals surface area (Å²) in [7, 11) is 0. The highest BCUT2D eigenvalue weighted by atomic mass is 16.5. The van der Waals surface area contributed by atoms with Crippen molar-refractivity contribution in [1.82, 2.24) is 5.16 Å². The van der Waals surface area contributed by atoms with Gasteiger partial charge in [0.2, 0.25) is 0 Å². The van der Waals surface area contributed by atoms with Crippen LogP contribution in [0.3, 0.4) is 0 Å². The summed E-state index contributed by atoms with van der Waals surface area (Å²) in [6.07, 6.45) is 0. The lowest BCUT2D eigenvalue weighted by atomic mass is 10.4.